The number of carbonyl (C=O) groups excluding carboxylic acids is 1. The molecule has 0 aromatic heterocycles. The standard InChI is InChI=1S/C15H21FN2O5S/c1-24(22,23)18(13-4-2-3-12(16)7-13)9-15(21)17-6-5-11(10-19)14(20)8-17/h2-4,7,11,14,19-20H,5-6,8-10H2,1H3/t11-,14-/m1/s1. The summed E-state index contributed by atoms with van der Waals surface area (Å²) >= 11 is 0. The Morgan fingerprint density at radius 1 is 1.46 bits per heavy atom. The van der Waals surface area contributed by atoms with Gasteiger partial charge in [-0.1, -0.05) is 6.07 Å². The summed E-state index contributed by atoms with van der Waals surface area (Å²) in [6.45, 7) is -0.284. The van der Waals surface area contributed by atoms with E-state index < -0.39 is 34.4 Å². The number of nitrogens with zero attached hydrogens (tertiary/aromatic N) is 2. The van der Waals surface area contributed by atoms with Crippen LogP contribution in [-0.4, -0.2) is 68.0 Å². The van der Waals surface area contributed by atoms with Crippen LogP contribution in [-0.2, 0) is 14.8 Å². The van der Waals surface area contributed by atoms with E-state index in [-0.39, 0.29) is 24.8 Å². The van der Waals surface area contributed by atoms with Crippen LogP contribution in [0.4, 0.5) is 10.1 Å². The molecule has 1 heterocycles. The van der Waals surface area contributed by atoms with E-state index >= 15 is 0 Å². The number of aliphatic hydroxyl groups is 2. The third kappa shape index (κ3) is 4.43. The number of anilines is 1. The van der Waals surface area contributed by atoms with Crippen molar-refractivity contribution in [1.29, 1.82) is 0 Å². The Balaban J connectivity index is 2.14. The highest BCUT2D eigenvalue weighted by Gasteiger charge is 2.31. The molecule has 0 spiro atoms. The number of piperidine rings is 1. The average Bonchev–Trinajstić information content (AvgIpc) is 2.51. The molecule has 2 atom stereocenters. The molecule has 1 aliphatic heterocycles. The number of β-amino-alcohol motifs (C(OH)–C–C–N with tert-alkyl or cyclic N) is 1. The van der Waals surface area contributed by atoms with E-state index in [0.717, 1.165) is 16.6 Å². The van der Waals surface area contributed by atoms with Gasteiger partial charge in [-0.2, -0.15) is 0 Å². The molecule has 0 bridgehead atoms. The van der Waals surface area contributed by atoms with Crippen LogP contribution in [0.2, 0.25) is 0 Å². The average molecular weight is 360 g/mol. The first-order valence-corrected chi connectivity index (χ1v) is 9.37. The Morgan fingerprint density at radius 2 is 2.17 bits per heavy atom. The number of sulfonamides is 1. The van der Waals surface area contributed by atoms with Crippen molar-refractivity contribution < 1.29 is 27.8 Å². The number of halogens is 1. The Kier molecular flexibility index (Phi) is 5.79. The summed E-state index contributed by atoms with van der Waals surface area (Å²) in [6, 6.07) is 5.00. The summed E-state index contributed by atoms with van der Waals surface area (Å²) in [7, 11) is -3.78. The van der Waals surface area contributed by atoms with E-state index in [4.69, 9.17) is 5.11 Å². The SMILES string of the molecule is CS(=O)(=O)N(CC(=O)N1CC[C@H](CO)[C@H](O)C1)c1cccc(F)c1. The lowest BCUT2D eigenvalue weighted by molar-refractivity contribution is -0.134. The van der Waals surface area contributed by atoms with Gasteiger partial charge in [0.15, 0.2) is 0 Å². The molecule has 0 radical (unpaired) electrons. The van der Waals surface area contributed by atoms with Crippen molar-refractivity contribution >= 4 is 21.6 Å². The molecule has 1 aromatic rings. The van der Waals surface area contributed by atoms with Crippen LogP contribution in [0.3, 0.4) is 0 Å². The van der Waals surface area contributed by atoms with Gasteiger partial charge in [0, 0.05) is 25.6 Å². The molecule has 7 nitrogen and oxygen atoms in total. The van der Waals surface area contributed by atoms with Crippen LogP contribution in [0.1, 0.15) is 6.42 Å². The first-order valence-electron chi connectivity index (χ1n) is 7.52. The van der Waals surface area contributed by atoms with Gasteiger partial charge in [-0.3, -0.25) is 9.10 Å². The molecule has 1 saturated heterocycles. The summed E-state index contributed by atoms with van der Waals surface area (Å²) in [5.74, 6) is -1.38. The highest BCUT2D eigenvalue weighted by molar-refractivity contribution is 7.92. The fraction of sp³-hybridized carbons (Fsp3) is 0.533. The Morgan fingerprint density at radius 3 is 2.71 bits per heavy atom. The number of hydrogen-bond donors (Lipinski definition) is 2. The smallest absolute Gasteiger partial charge is 0.243 e. The molecule has 0 saturated carbocycles. The van der Waals surface area contributed by atoms with Gasteiger partial charge in [0.1, 0.15) is 12.4 Å². The van der Waals surface area contributed by atoms with Crippen LogP contribution in [0.25, 0.3) is 0 Å². The van der Waals surface area contributed by atoms with Gasteiger partial charge in [0.25, 0.3) is 0 Å². The Bertz CT molecular complexity index is 697. The van der Waals surface area contributed by atoms with Gasteiger partial charge in [-0.25, -0.2) is 12.8 Å². The minimum absolute atomic E-state index is 0.0326. The molecule has 24 heavy (non-hydrogen) atoms. The van der Waals surface area contributed by atoms with Crippen LogP contribution in [0.5, 0.6) is 0 Å². The predicted molar refractivity (Wildman–Crippen MR) is 86.4 cm³/mol. The van der Waals surface area contributed by atoms with Crippen LogP contribution in [0, 0.1) is 11.7 Å². The topological polar surface area (TPSA) is 98.2 Å². The molecule has 9 heteroatoms. The summed E-state index contributed by atoms with van der Waals surface area (Å²) < 4.78 is 38.2. The van der Waals surface area contributed by atoms with Crippen LogP contribution >= 0.6 is 0 Å². The summed E-state index contributed by atoms with van der Waals surface area (Å²) in [4.78, 5) is 13.8. The number of carbonyl (C=O) groups is 1. The third-order valence-electron chi connectivity index (χ3n) is 4.08. The predicted octanol–water partition coefficient (Wildman–Crippen LogP) is -0.207. The summed E-state index contributed by atoms with van der Waals surface area (Å²) in [5.41, 5.74) is 0.0663. The zero-order valence-corrected chi connectivity index (χ0v) is 14.1. The van der Waals surface area contributed by atoms with E-state index in [9.17, 15) is 22.7 Å². The molecule has 1 fully saturated rings. The maximum atomic E-state index is 13.4. The quantitative estimate of drug-likeness (QED) is 0.757. The molecule has 1 aromatic carbocycles. The number of rotatable bonds is 5. The molecule has 2 rings (SSSR count). The maximum Gasteiger partial charge on any atom is 0.243 e. The molecule has 134 valence electrons. The van der Waals surface area contributed by atoms with Gasteiger partial charge in [-0.05, 0) is 24.6 Å². The number of aliphatic hydroxyl groups excluding tert-OH is 2. The molecule has 0 unspecified atom stereocenters. The van der Waals surface area contributed by atoms with E-state index in [2.05, 4.69) is 0 Å². The van der Waals surface area contributed by atoms with Crippen molar-refractivity contribution in [2.45, 2.75) is 12.5 Å². The number of likely N-dealkylation sites (tertiary alicyclic amines) is 1. The lowest BCUT2D eigenvalue weighted by atomic mass is 9.95. The number of amides is 1. The fourth-order valence-corrected chi connectivity index (χ4v) is 3.52. The first-order chi connectivity index (χ1) is 11.2. The second-order valence-corrected chi connectivity index (χ2v) is 7.79. The first kappa shape index (κ1) is 18.6. The molecular formula is C15H21FN2O5S. The highest BCUT2D eigenvalue weighted by atomic mass is 32.2. The number of benzene rings is 1. The Labute approximate surface area is 140 Å². The molecule has 0 aliphatic carbocycles. The monoisotopic (exact) mass is 360 g/mol. The van der Waals surface area contributed by atoms with Crippen molar-refractivity contribution in [3.8, 4) is 0 Å². The van der Waals surface area contributed by atoms with Crippen molar-refractivity contribution in [1.82, 2.24) is 4.90 Å². The van der Waals surface area contributed by atoms with Crippen molar-refractivity contribution in [3.05, 3.63) is 30.1 Å². The second kappa shape index (κ2) is 7.45. The fourth-order valence-electron chi connectivity index (χ4n) is 2.67. The second-order valence-electron chi connectivity index (χ2n) is 5.89. The van der Waals surface area contributed by atoms with Crippen LogP contribution < -0.4 is 4.31 Å². The Hall–Kier alpha value is -1.71. The van der Waals surface area contributed by atoms with Gasteiger partial charge in [-0.15, -0.1) is 0 Å². The van der Waals surface area contributed by atoms with Crippen molar-refractivity contribution in [2.75, 3.05) is 36.8 Å². The van der Waals surface area contributed by atoms with Gasteiger partial charge in [0.2, 0.25) is 15.9 Å². The van der Waals surface area contributed by atoms with Gasteiger partial charge in [0.05, 0.1) is 18.0 Å². The van der Waals surface area contributed by atoms with E-state index in [1.807, 2.05) is 0 Å². The van der Waals surface area contributed by atoms with E-state index in [0.29, 0.717) is 13.0 Å². The summed E-state index contributed by atoms with van der Waals surface area (Å²) in [5, 5.41) is 19.0. The van der Waals surface area contributed by atoms with Gasteiger partial charge < -0.3 is 15.1 Å². The zero-order valence-electron chi connectivity index (χ0n) is 13.3. The molecule has 1 amide bonds. The maximum absolute atomic E-state index is 13.4. The minimum Gasteiger partial charge on any atom is -0.396 e. The van der Waals surface area contributed by atoms with E-state index in [1.54, 1.807) is 0 Å². The molecule has 2 N–H and O–H groups in total. The minimum atomic E-state index is -3.78. The van der Waals surface area contributed by atoms with Crippen LogP contribution in [0.15, 0.2) is 24.3 Å². The summed E-state index contributed by atoms with van der Waals surface area (Å²) in [6.07, 6.45) is 0.522. The highest BCUT2D eigenvalue weighted by Crippen LogP contribution is 2.21. The lowest BCUT2D eigenvalue weighted by Crippen LogP contribution is -2.51. The zero-order chi connectivity index (χ0) is 17.9. The third-order valence-corrected chi connectivity index (χ3v) is 5.22. The van der Waals surface area contributed by atoms with E-state index in [1.165, 1.54) is 23.1 Å². The normalized spacial score (nSPS) is 21.6. The van der Waals surface area contributed by atoms with Crippen molar-refractivity contribution in [3.63, 3.8) is 0 Å². The lowest BCUT2D eigenvalue weighted by Gasteiger charge is -2.36. The van der Waals surface area contributed by atoms with Gasteiger partial charge >= 0.3 is 0 Å². The van der Waals surface area contributed by atoms with Crippen molar-refractivity contribution in [2.24, 2.45) is 5.92 Å². The molecule has 1 aliphatic rings. The molecular weight excluding hydrogens is 339 g/mol. The number of hydrogen-bond acceptors (Lipinski definition) is 5. The largest absolute Gasteiger partial charge is 0.396 e.